The highest BCUT2D eigenvalue weighted by Crippen LogP contribution is 2.25. The van der Waals surface area contributed by atoms with Crippen LogP contribution in [0.1, 0.15) is 36.5 Å². The van der Waals surface area contributed by atoms with Crippen molar-refractivity contribution in [2.75, 3.05) is 27.2 Å². The molecule has 0 radical (unpaired) electrons. The fourth-order valence-electron chi connectivity index (χ4n) is 2.78. The Balaban J connectivity index is 1.87. The normalized spacial score (nSPS) is 12.5. The molecule has 130 valence electrons. The standard InChI is InChI=1S/C21H29NO2/c1-22(2)16-7-17-24-21(19-12-14-20(23)15-13-19)11-6-10-18-8-4-3-5-9-18/h3-5,8-9,12-15,21,23H,6-7,10-11,16-17H2,1-2H3. The van der Waals surface area contributed by atoms with Gasteiger partial charge in [0.2, 0.25) is 0 Å². The summed E-state index contributed by atoms with van der Waals surface area (Å²) in [6.07, 6.45) is 4.26. The third-order valence-corrected chi connectivity index (χ3v) is 4.11. The van der Waals surface area contributed by atoms with E-state index in [1.165, 1.54) is 5.56 Å². The summed E-state index contributed by atoms with van der Waals surface area (Å²) in [6.45, 7) is 1.79. The smallest absolute Gasteiger partial charge is 0.115 e. The maximum atomic E-state index is 9.49. The van der Waals surface area contributed by atoms with E-state index in [4.69, 9.17) is 4.74 Å². The molecule has 0 saturated heterocycles. The van der Waals surface area contributed by atoms with Gasteiger partial charge in [-0.25, -0.2) is 0 Å². The number of nitrogens with zero attached hydrogens (tertiary/aromatic N) is 1. The van der Waals surface area contributed by atoms with Crippen LogP contribution in [0, 0.1) is 0 Å². The second-order valence-corrected chi connectivity index (χ2v) is 6.49. The summed E-state index contributed by atoms with van der Waals surface area (Å²) in [5.41, 5.74) is 2.51. The summed E-state index contributed by atoms with van der Waals surface area (Å²) in [6, 6.07) is 18.0. The lowest BCUT2D eigenvalue weighted by atomic mass is 10.0. The van der Waals surface area contributed by atoms with E-state index < -0.39 is 0 Å². The van der Waals surface area contributed by atoms with E-state index in [2.05, 4.69) is 49.3 Å². The van der Waals surface area contributed by atoms with Crippen molar-refractivity contribution in [2.24, 2.45) is 0 Å². The van der Waals surface area contributed by atoms with Crippen molar-refractivity contribution in [1.29, 1.82) is 0 Å². The van der Waals surface area contributed by atoms with Crippen LogP contribution in [-0.4, -0.2) is 37.3 Å². The molecule has 3 nitrogen and oxygen atoms in total. The first-order chi connectivity index (χ1) is 11.6. The molecule has 0 spiro atoms. The molecule has 0 heterocycles. The van der Waals surface area contributed by atoms with E-state index in [1.807, 2.05) is 12.1 Å². The van der Waals surface area contributed by atoms with Crippen LogP contribution in [0.15, 0.2) is 54.6 Å². The van der Waals surface area contributed by atoms with Crippen molar-refractivity contribution in [3.05, 3.63) is 65.7 Å². The average Bonchev–Trinajstić information content (AvgIpc) is 2.58. The Kier molecular flexibility index (Phi) is 7.80. The lowest BCUT2D eigenvalue weighted by Gasteiger charge is -2.19. The predicted molar refractivity (Wildman–Crippen MR) is 99.4 cm³/mol. The van der Waals surface area contributed by atoms with Crippen LogP contribution >= 0.6 is 0 Å². The first-order valence-corrected chi connectivity index (χ1v) is 8.74. The van der Waals surface area contributed by atoms with Gasteiger partial charge in [0.25, 0.3) is 0 Å². The van der Waals surface area contributed by atoms with E-state index in [9.17, 15) is 5.11 Å². The summed E-state index contributed by atoms with van der Waals surface area (Å²) in [4.78, 5) is 2.17. The molecule has 0 fully saturated rings. The van der Waals surface area contributed by atoms with Crippen molar-refractivity contribution < 1.29 is 9.84 Å². The van der Waals surface area contributed by atoms with Gasteiger partial charge in [0, 0.05) is 6.61 Å². The van der Waals surface area contributed by atoms with E-state index in [-0.39, 0.29) is 6.10 Å². The molecule has 2 aromatic carbocycles. The summed E-state index contributed by atoms with van der Waals surface area (Å²) in [5, 5.41) is 9.49. The van der Waals surface area contributed by atoms with Crippen molar-refractivity contribution in [1.82, 2.24) is 4.90 Å². The predicted octanol–water partition coefficient (Wildman–Crippen LogP) is 4.42. The molecule has 0 aliphatic carbocycles. The minimum Gasteiger partial charge on any atom is -0.508 e. The van der Waals surface area contributed by atoms with Gasteiger partial charge in [-0.2, -0.15) is 0 Å². The third-order valence-electron chi connectivity index (χ3n) is 4.11. The number of benzene rings is 2. The van der Waals surface area contributed by atoms with Crippen LogP contribution in [0.2, 0.25) is 0 Å². The van der Waals surface area contributed by atoms with Crippen molar-refractivity contribution >= 4 is 0 Å². The van der Waals surface area contributed by atoms with E-state index in [0.717, 1.165) is 44.4 Å². The van der Waals surface area contributed by atoms with Gasteiger partial charge in [0.05, 0.1) is 6.10 Å². The number of hydrogen-bond acceptors (Lipinski definition) is 3. The highest BCUT2D eigenvalue weighted by molar-refractivity contribution is 5.27. The molecule has 1 unspecified atom stereocenters. The third kappa shape index (κ3) is 6.73. The minimum absolute atomic E-state index is 0.0940. The molecule has 0 amide bonds. The molecule has 0 bridgehead atoms. The van der Waals surface area contributed by atoms with Gasteiger partial charge in [0.15, 0.2) is 0 Å². The molecule has 24 heavy (non-hydrogen) atoms. The van der Waals surface area contributed by atoms with Crippen LogP contribution in [0.3, 0.4) is 0 Å². The number of ether oxygens (including phenoxy) is 1. The van der Waals surface area contributed by atoms with Gasteiger partial charge in [-0.05, 0) is 69.6 Å². The molecule has 0 saturated carbocycles. The average molecular weight is 327 g/mol. The second kappa shape index (κ2) is 10.1. The monoisotopic (exact) mass is 327 g/mol. The first-order valence-electron chi connectivity index (χ1n) is 8.74. The zero-order valence-corrected chi connectivity index (χ0v) is 14.8. The van der Waals surface area contributed by atoms with Gasteiger partial charge in [-0.15, -0.1) is 0 Å². The molecule has 0 aliphatic heterocycles. The van der Waals surface area contributed by atoms with Crippen LogP contribution in [0.25, 0.3) is 0 Å². The van der Waals surface area contributed by atoms with Gasteiger partial charge in [0.1, 0.15) is 5.75 Å². The molecular weight excluding hydrogens is 298 g/mol. The molecule has 2 aromatic rings. The Morgan fingerprint density at radius 3 is 2.33 bits per heavy atom. The van der Waals surface area contributed by atoms with Crippen molar-refractivity contribution in [3.63, 3.8) is 0 Å². The van der Waals surface area contributed by atoms with Crippen LogP contribution in [-0.2, 0) is 11.2 Å². The number of aromatic hydroxyl groups is 1. The Labute approximate surface area is 145 Å². The van der Waals surface area contributed by atoms with Gasteiger partial charge >= 0.3 is 0 Å². The summed E-state index contributed by atoms with van der Waals surface area (Å²) >= 11 is 0. The Morgan fingerprint density at radius 2 is 1.67 bits per heavy atom. The molecular formula is C21H29NO2. The maximum absolute atomic E-state index is 9.49. The van der Waals surface area contributed by atoms with Crippen molar-refractivity contribution in [3.8, 4) is 5.75 Å². The maximum Gasteiger partial charge on any atom is 0.115 e. The zero-order chi connectivity index (χ0) is 17.2. The fourth-order valence-corrected chi connectivity index (χ4v) is 2.78. The zero-order valence-electron chi connectivity index (χ0n) is 14.8. The van der Waals surface area contributed by atoms with Crippen LogP contribution < -0.4 is 0 Å². The molecule has 1 N–H and O–H groups in total. The van der Waals surface area contributed by atoms with E-state index >= 15 is 0 Å². The van der Waals surface area contributed by atoms with E-state index in [0.29, 0.717) is 5.75 Å². The minimum atomic E-state index is 0.0940. The number of phenols is 1. The van der Waals surface area contributed by atoms with Crippen LogP contribution in [0.5, 0.6) is 5.75 Å². The summed E-state index contributed by atoms with van der Waals surface area (Å²) < 4.78 is 6.15. The number of aryl methyl sites for hydroxylation is 1. The van der Waals surface area contributed by atoms with E-state index in [1.54, 1.807) is 12.1 Å². The molecule has 0 aliphatic rings. The van der Waals surface area contributed by atoms with Gasteiger partial charge < -0.3 is 14.7 Å². The number of phenolic OH excluding ortho intramolecular Hbond substituents is 1. The second-order valence-electron chi connectivity index (χ2n) is 6.49. The molecule has 2 rings (SSSR count). The Hall–Kier alpha value is -1.84. The number of hydrogen-bond donors (Lipinski definition) is 1. The number of rotatable bonds is 10. The van der Waals surface area contributed by atoms with Gasteiger partial charge in [-0.3, -0.25) is 0 Å². The lowest BCUT2D eigenvalue weighted by molar-refractivity contribution is 0.0410. The fraction of sp³-hybridized carbons (Fsp3) is 0.429. The quantitative estimate of drug-likeness (QED) is 0.656. The topological polar surface area (TPSA) is 32.7 Å². The lowest BCUT2D eigenvalue weighted by Crippen LogP contribution is -2.16. The molecule has 1 atom stereocenters. The van der Waals surface area contributed by atoms with Crippen LogP contribution in [0.4, 0.5) is 0 Å². The highest BCUT2D eigenvalue weighted by Gasteiger charge is 2.12. The SMILES string of the molecule is CN(C)CCCOC(CCCc1ccccc1)c1ccc(O)cc1. The largest absolute Gasteiger partial charge is 0.508 e. The molecule has 0 aromatic heterocycles. The Morgan fingerprint density at radius 1 is 0.958 bits per heavy atom. The van der Waals surface area contributed by atoms with Gasteiger partial charge in [-0.1, -0.05) is 42.5 Å². The highest BCUT2D eigenvalue weighted by atomic mass is 16.5. The molecule has 3 heteroatoms. The first kappa shape index (κ1) is 18.5. The summed E-state index contributed by atoms with van der Waals surface area (Å²) in [5.74, 6) is 0.300. The summed E-state index contributed by atoms with van der Waals surface area (Å²) in [7, 11) is 4.16. The Bertz CT molecular complexity index is 566. The van der Waals surface area contributed by atoms with Crippen molar-refractivity contribution in [2.45, 2.75) is 31.8 Å².